The molecule has 0 spiro atoms. The Kier molecular flexibility index (Phi) is 6.60. The van der Waals surface area contributed by atoms with Crippen LogP contribution < -0.4 is 25.1 Å². The lowest BCUT2D eigenvalue weighted by Crippen LogP contribution is -2.50. The Hall–Kier alpha value is -2.93. The van der Waals surface area contributed by atoms with Crippen LogP contribution in [0.3, 0.4) is 0 Å². The molecule has 1 aliphatic heterocycles. The Bertz CT molecular complexity index is 858. The molecular formula is C20H21ClN2O5. The van der Waals surface area contributed by atoms with Crippen molar-refractivity contribution in [1.82, 2.24) is 10.9 Å². The molecule has 2 amide bonds. The van der Waals surface area contributed by atoms with Gasteiger partial charge in [-0.1, -0.05) is 23.7 Å². The van der Waals surface area contributed by atoms with Crippen molar-refractivity contribution in [2.75, 3.05) is 13.2 Å². The summed E-state index contributed by atoms with van der Waals surface area (Å²) in [5, 5.41) is 0.649. The van der Waals surface area contributed by atoms with E-state index in [1.54, 1.807) is 30.3 Å². The summed E-state index contributed by atoms with van der Waals surface area (Å²) < 4.78 is 16.7. The number of ether oxygens (including phenoxy) is 3. The lowest BCUT2D eigenvalue weighted by molar-refractivity contribution is -0.135. The zero-order valence-electron chi connectivity index (χ0n) is 15.4. The monoisotopic (exact) mass is 404 g/mol. The summed E-state index contributed by atoms with van der Waals surface area (Å²) in [6, 6.07) is 12.5. The van der Waals surface area contributed by atoms with Crippen LogP contribution in [0.2, 0.25) is 5.02 Å². The lowest BCUT2D eigenvalue weighted by atomic mass is 10.2. The third kappa shape index (κ3) is 5.29. The molecule has 0 saturated heterocycles. The molecular weight excluding hydrogens is 384 g/mol. The number of hydrogen-bond acceptors (Lipinski definition) is 5. The molecule has 2 N–H and O–H groups in total. The van der Waals surface area contributed by atoms with Crippen molar-refractivity contribution in [2.24, 2.45) is 0 Å². The second-order valence-electron chi connectivity index (χ2n) is 6.26. The quantitative estimate of drug-likeness (QED) is 0.571. The van der Waals surface area contributed by atoms with E-state index in [9.17, 15) is 9.59 Å². The van der Waals surface area contributed by atoms with Gasteiger partial charge in [0.25, 0.3) is 5.91 Å². The van der Waals surface area contributed by atoms with Crippen molar-refractivity contribution in [1.29, 1.82) is 0 Å². The van der Waals surface area contributed by atoms with Gasteiger partial charge in [0.2, 0.25) is 12.0 Å². The van der Waals surface area contributed by atoms with Crippen LogP contribution in [0, 0.1) is 6.92 Å². The van der Waals surface area contributed by atoms with Crippen LogP contribution >= 0.6 is 11.6 Å². The highest BCUT2D eigenvalue weighted by molar-refractivity contribution is 6.30. The van der Waals surface area contributed by atoms with Gasteiger partial charge in [0.15, 0.2) is 11.5 Å². The minimum Gasteiger partial charge on any atom is -0.493 e. The predicted molar refractivity (Wildman–Crippen MR) is 104 cm³/mol. The smallest absolute Gasteiger partial charge is 0.283 e. The van der Waals surface area contributed by atoms with E-state index in [4.69, 9.17) is 25.8 Å². The van der Waals surface area contributed by atoms with E-state index in [2.05, 4.69) is 10.9 Å². The number of carbonyl (C=O) groups excluding carboxylic acids is 2. The van der Waals surface area contributed by atoms with Crippen LogP contribution in [0.5, 0.6) is 17.2 Å². The molecule has 0 bridgehead atoms. The molecule has 148 valence electrons. The number of fused-ring (bicyclic) bond motifs is 1. The highest BCUT2D eigenvalue weighted by Gasteiger charge is 2.27. The summed E-state index contributed by atoms with van der Waals surface area (Å²) in [6.45, 7) is 2.35. The molecule has 1 aliphatic rings. The van der Waals surface area contributed by atoms with Crippen molar-refractivity contribution in [2.45, 2.75) is 25.9 Å². The molecule has 0 unspecified atom stereocenters. The van der Waals surface area contributed by atoms with Crippen molar-refractivity contribution in [3.05, 3.63) is 53.1 Å². The van der Waals surface area contributed by atoms with E-state index >= 15 is 0 Å². The van der Waals surface area contributed by atoms with Crippen molar-refractivity contribution in [3.8, 4) is 17.2 Å². The average Bonchev–Trinajstić information content (AvgIpc) is 2.70. The van der Waals surface area contributed by atoms with Gasteiger partial charge in [-0.15, -0.1) is 0 Å². The molecule has 0 saturated carbocycles. The van der Waals surface area contributed by atoms with Crippen LogP contribution in [0.15, 0.2) is 42.5 Å². The highest BCUT2D eigenvalue weighted by atomic mass is 35.5. The summed E-state index contributed by atoms with van der Waals surface area (Å²) >= 11 is 5.90. The Morgan fingerprint density at radius 2 is 1.96 bits per heavy atom. The fourth-order valence-corrected chi connectivity index (χ4v) is 2.84. The van der Waals surface area contributed by atoms with Gasteiger partial charge in [0.1, 0.15) is 12.4 Å². The SMILES string of the molecule is Cc1cc(Cl)ccc1OCCCC(=O)NNC(=O)[C@H]1COc2ccccc2O1. The van der Waals surface area contributed by atoms with Gasteiger partial charge in [0.05, 0.1) is 6.61 Å². The van der Waals surface area contributed by atoms with Crippen LogP contribution in [-0.4, -0.2) is 31.1 Å². The molecule has 28 heavy (non-hydrogen) atoms. The Balaban J connectivity index is 1.35. The number of rotatable bonds is 6. The summed E-state index contributed by atoms with van der Waals surface area (Å²) in [5.41, 5.74) is 5.66. The molecule has 0 fully saturated rings. The number of benzene rings is 2. The summed E-state index contributed by atoms with van der Waals surface area (Å²) in [6.07, 6.45) is -0.121. The Morgan fingerprint density at radius 3 is 2.75 bits per heavy atom. The van der Waals surface area contributed by atoms with Crippen molar-refractivity contribution >= 4 is 23.4 Å². The van der Waals surface area contributed by atoms with E-state index in [1.807, 2.05) is 19.1 Å². The van der Waals surface area contributed by atoms with Crippen LogP contribution in [0.25, 0.3) is 0 Å². The van der Waals surface area contributed by atoms with Crippen molar-refractivity contribution in [3.63, 3.8) is 0 Å². The lowest BCUT2D eigenvalue weighted by Gasteiger charge is -2.25. The van der Waals surface area contributed by atoms with Gasteiger partial charge in [-0.2, -0.15) is 0 Å². The largest absolute Gasteiger partial charge is 0.493 e. The maximum atomic E-state index is 12.1. The molecule has 2 aromatic rings. The second-order valence-corrected chi connectivity index (χ2v) is 6.70. The van der Waals surface area contributed by atoms with Crippen LogP contribution in [-0.2, 0) is 9.59 Å². The molecule has 0 aromatic heterocycles. The van der Waals surface area contributed by atoms with Gasteiger partial charge in [-0.3, -0.25) is 20.4 Å². The molecule has 1 atom stereocenters. The van der Waals surface area contributed by atoms with Crippen LogP contribution in [0.1, 0.15) is 18.4 Å². The molecule has 7 nitrogen and oxygen atoms in total. The first-order valence-electron chi connectivity index (χ1n) is 8.89. The summed E-state index contributed by atoms with van der Waals surface area (Å²) in [7, 11) is 0. The third-order valence-corrected chi connectivity index (χ3v) is 4.30. The molecule has 0 aliphatic carbocycles. The minimum atomic E-state index is -0.827. The number of para-hydroxylation sites is 2. The number of nitrogens with one attached hydrogen (secondary N) is 2. The zero-order valence-corrected chi connectivity index (χ0v) is 16.1. The molecule has 0 radical (unpaired) electrons. The highest BCUT2D eigenvalue weighted by Crippen LogP contribution is 2.30. The number of halogens is 1. The van der Waals surface area contributed by atoms with Gasteiger partial charge in [-0.25, -0.2) is 0 Å². The number of amides is 2. The number of hydrogen-bond donors (Lipinski definition) is 2. The predicted octanol–water partition coefficient (Wildman–Crippen LogP) is 2.79. The minimum absolute atomic E-state index is 0.0764. The van der Waals surface area contributed by atoms with Crippen molar-refractivity contribution < 1.29 is 23.8 Å². The summed E-state index contributed by atoms with van der Waals surface area (Å²) in [4.78, 5) is 24.0. The van der Waals surface area contributed by atoms with E-state index in [0.717, 1.165) is 11.3 Å². The summed E-state index contributed by atoms with van der Waals surface area (Å²) in [5.74, 6) is 1.02. The zero-order chi connectivity index (χ0) is 19.9. The van der Waals surface area contributed by atoms with Gasteiger partial charge in [-0.05, 0) is 49.2 Å². The first kappa shape index (κ1) is 19.8. The third-order valence-electron chi connectivity index (χ3n) is 4.07. The topological polar surface area (TPSA) is 85.9 Å². The number of carbonyl (C=O) groups is 2. The Morgan fingerprint density at radius 1 is 1.18 bits per heavy atom. The van der Waals surface area contributed by atoms with E-state index in [1.165, 1.54) is 0 Å². The molecule has 8 heteroatoms. The molecule has 2 aromatic carbocycles. The maximum Gasteiger partial charge on any atom is 0.283 e. The fourth-order valence-electron chi connectivity index (χ4n) is 2.61. The number of hydrazine groups is 1. The van der Waals surface area contributed by atoms with E-state index in [0.29, 0.717) is 29.5 Å². The van der Waals surface area contributed by atoms with Gasteiger partial charge >= 0.3 is 0 Å². The maximum absolute atomic E-state index is 12.1. The molecule has 3 rings (SSSR count). The van der Waals surface area contributed by atoms with E-state index in [-0.39, 0.29) is 18.9 Å². The van der Waals surface area contributed by atoms with Gasteiger partial charge in [0, 0.05) is 11.4 Å². The second kappa shape index (κ2) is 9.32. The van der Waals surface area contributed by atoms with E-state index < -0.39 is 12.0 Å². The average molecular weight is 405 g/mol. The normalized spacial score (nSPS) is 14.9. The first-order valence-corrected chi connectivity index (χ1v) is 9.27. The Labute approximate surface area is 167 Å². The first-order chi connectivity index (χ1) is 13.5. The standard InChI is InChI=1S/C20H21ClN2O5/c1-13-11-14(21)8-9-15(13)26-10-4-7-19(24)22-23-20(25)18-12-27-16-5-2-3-6-17(16)28-18/h2-3,5-6,8-9,11,18H,4,7,10,12H2,1H3,(H,22,24)(H,23,25)/t18-/m1/s1. The van der Waals surface area contributed by atoms with Crippen LogP contribution in [0.4, 0.5) is 0 Å². The molecule has 1 heterocycles. The van der Waals surface area contributed by atoms with Gasteiger partial charge < -0.3 is 14.2 Å². The number of aryl methyl sites for hydroxylation is 1. The fraction of sp³-hybridized carbons (Fsp3) is 0.300.